The highest BCUT2D eigenvalue weighted by molar-refractivity contribution is 5.94. The number of anilines is 1. The lowest BCUT2D eigenvalue weighted by molar-refractivity contribution is -0.131. The predicted octanol–water partition coefficient (Wildman–Crippen LogP) is 2.71. The molecule has 1 aromatic carbocycles. The Bertz CT molecular complexity index is 786. The molecular weight excluding hydrogens is 342 g/mol. The summed E-state index contributed by atoms with van der Waals surface area (Å²) in [6.45, 7) is 4.62. The fourth-order valence-corrected chi connectivity index (χ4v) is 3.38. The van der Waals surface area contributed by atoms with Crippen molar-refractivity contribution >= 4 is 17.7 Å². The molecule has 0 radical (unpaired) electrons. The number of methoxy groups -OCH3 is 1. The summed E-state index contributed by atoms with van der Waals surface area (Å²) in [6, 6.07) is 13.5. The topological polar surface area (TPSA) is 62.7 Å². The number of esters is 1. The summed E-state index contributed by atoms with van der Waals surface area (Å²) in [6.07, 6.45) is 2.17. The van der Waals surface area contributed by atoms with Crippen LogP contribution < -0.4 is 4.90 Å². The van der Waals surface area contributed by atoms with Gasteiger partial charge in [-0.25, -0.2) is 9.78 Å². The zero-order valence-electron chi connectivity index (χ0n) is 15.8. The minimum Gasteiger partial charge on any atom is -0.465 e. The number of nitrogens with zero attached hydrogens (tertiary/aromatic N) is 3. The fourth-order valence-electron chi connectivity index (χ4n) is 3.38. The quantitative estimate of drug-likeness (QED) is 0.761. The summed E-state index contributed by atoms with van der Waals surface area (Å²) < 4.78 is 4.84. The molecule has 142 valence electrons. The molecule has 2 aromatic rings. The van der Waals surface area contributed by atoms with Gasteiger partial charge in [0, 0.05) is 38.8 Å². The Balaban J connectivity index is 1.59. The van der Waals surface area contributed by atoms with E-state index in [1.807, 2.05) is 28.0 Å². The zero-order valence-corrected chi connectivity index (χ0v) is 15.8. The van der Waals surface area contributed by atoms with Crippen LogP contribution in [-0.2, 0) is 9.53 Å². The van der Waals surface area contributed by atoms with Gasteiger partial charge in [-0.2, -0.15) is 0 Å². The number of ether oxygens (including phenoxy) is 1. The Morgan fingerprint density at radius 1 is 1.07 bits per heavy atom. The summed E-state index contributed by atoms with van der Waals surface area (Å²) in [5, 5.41) is 0. The predicted molar refractivity (Wildman–Crippen MR) is 104 cm³/mol. The maximum atomic E-state index is 12.7. The Morgan fingerprint density at radius 2 is 1.78 bits per heavy atom. The van der Waals surface area contributed by atoms with Crippen molar-refractivity contribution in [2.24, 2.45) is 0 Å². The Hall–Kier alpha value is -2.89. The van der Waals surface area contributed by atoms with Gasteiger partial charge in [0.05, 0.1) is 7.11 Å². The largest absolute Gasteiger partial charge is 0.465 e. The minimum atomic E-state index is -0.395. The SMILES string of the molecule is COC(=O)c1cccnc1N1CCN(C(=O)C[C@H](C)c2ccccc2)CC1. The number of benzene rings is 1. The van der Waals surface area contributed by atoms with Crippen molar-refractivity contribution < 1.29 is 14.3 Å². The van der Waals surface area contributed by atoms with Crippen LogP contribution in [0.3, 0.4) is 0 Å². The van der Waals surface area contributed by atoms with Gasteiger partial charge in [-0.3, -0.25) is 4.79 Å². The van der Waals surface area contributed by atoms with Crippen molar-refractivity contribution in [2.45, 2.75) is 19.3 Å². The Kier molecular flexibility index (Phi) is 6.06. The van der Waals surface area contributed by atoms with Crippen molar-refractivity contribution in [1.82, 2.24) is 9.88 Å². The first-order valence-electron chi connectivity index (χ1n) is 9.21. The number of amides is 1. The van der Waals surface area contributed by atoms with Crippen LogP contribution in [0.1, 0.15) is 35.2 Å². The van der Waals surface area contributed by atoms with Gasteiger partial charge in [-0.1, -0.05) is 37.3 Å². The summed E-state index contributed by atoms with van der Waals surface area (Å²) in [5.41, 5.74) is 1.64. The van der Waals surface area contributed by atoms with E-state index in [2.05, 4.69) is 24.0 Å². The molecule has 1 fully saturated rings. The number of rotatable bonds is 5. The average molecular weight is 367 g/mol. The number of carbonyl (C=O) groups excluding carboxylic acids is 2. The van der Waals surface area contributed by atoms with E-state index < -0.39 is 5.97 Å². The molecule has 1 amide bonds. The highest BCUT2D eigenvalue weighted by Crippen LogP contribution is 2.22. The number of hydrogen-bond acceptors (Lipinski definition) is 5. The van der Waals surface area contributed by atoms with Crippen LogP contribution in [0, 0.1) is 0 Å². The van der Waals surface area contributed by atoms with Crippen LogP contribution in [0.5, 0.6) is 0 Å². The number of hydrogen-bond donors (Lipinski definition) is 0. The van der Waals surface area contributed by atoms with Gasteiger partial charge in [0.2, 0.25) is 5.91 Å². The van der Waals surface area contributed by atoms with Crippen LogP contribution in [0.2, 0.25) is 0 Å². The van der Waals surface area contributed by atoms with Crippen LogP contribution >= 0.6 is 0 Å². The monoisotopic (exact) mass is 367 g/mol. The van der Waals surface area contributed by atoms with E-state index >= 15 is 0 Å². The minimum absolute atomic E-state index is 0.167. The summed E-state index contributed by atoms with van der Waals surface area (Å²) in [7, 11) is 1.36. The van der Waals surface area contributed by atoms with Crippen molar-refractivity contribution in [2.75, 3.05) is 38.2 Å². The van der Waals surface area contributed by atoms with Crippen LogP contribution in [0.4, 0.5) is 5.82 Å². The molecule has 0 unspecified atom stereocenters. The molecule has 0 spiro atoms. The van der Waals surface area contributed by atoms with E-state index in [-0.39, 0.29) is 11.8 Å². The smallest absolute Gasteiger partial charge is 0.341 e. The Labute approximate surface area is 159 Å². The van der Waals surface area contributed by atoms with E-state index in [0.717, 1.165) is 0 Å². The van der Waals surface area contributed by atoms with Crippen LogP contribution in [-0.4, -0.2) is 55.0 Å². The van der Waals surface area contributed by atoms with Gasteiger partial charge in [-0.15, -0.1) is 0 Å². The normalized spacial score (nSPS) is 15.3. The number of piperazine rings is 1. The van der Waals surface area contributed by atoms with E-state index in [4.69, 9.17) is 4.74 Å². The third kappa shape index (κ3) is 4.45. The van der Waals surface area contributed by atoms with Crippen LogP contribution in [0.15, 0.2) is 48.7 Å². The molecule has 1 atom stereocenters. The van der Waals surface area contributed by atoms with Crippen molar-refractivity contribution in [3.8, 4) is 0 Å². The fraction of sp³-hybridized carbons (Fsp3) is 0.381. The van der Waals surface area contributed by atoms with Gasteiger partial charge in [0.25, 0.3) is 0 Å². The van der Waals surface area contributed by atoms with E-state index in [1.165, 1.54) is 12.7 Å². The van der Waals surface area contributed by atoms with Crippen LogP contribution in [0.25, 0.3) is 0 Å². The second-order valence-electron chi connectivity index (χ2n) is 6.75. The van der Waals surface area contributed by atoms with Crippen molar-refractivity contribution in [3.63, 3.8) is 0 Å². The van der Waals surface area contributed by atoms with Gasteiger partial charge >= 0.3 is 5.97 Å². The molecule has 1 aliphatic rings. The lowest BCUT2D eigenvalue weighted by Crippen LogP contribution is -2.49. The molecule has 1 aromatic heterocycles. The highest BCUT2D eigenvalue weighted by atomic mass is 16.5. The van der Waals surface area contributed by atoms with Gasteiger partial charge in [-0.05, 0) is 23.6 Å². The van der Waals surface area contributed by atoms with Crippen molar-refractivity contribution in [1.29, 1.82) is 0 Å². The third-order valence-electron chi connectivity index (χ3n) is 4.97. The molecule has 27 heavy (non-hydrogen) atoms. The zero-order chi connectivity index (χ0) is 19.2. The lowest BCUT2D eigenvalue weighted by Gasteiger charge is -2.36. The molecule has 6 nitrogen and oxygen atoms in total. The van der Waals surface area contributed by atoms with Gasteiger partial charge in [0.1, 0.15) is 11.4 Å². The molecule has 6 heteroatoms. The first kappa shape index (κ1) is 18.9. The average Bonchev–Trinajstić information content (AvgIpc) is 2.73. The third-order valence-corrected chi connectivity index (χ3v) is 4.97. The molecule has 1 aliphatic heterocycles. The standard InChI is InChI=1S/C21H25N3O3/c1-16(17-7-4-3-5-8-17)15-19(25)23-11-13-24(14-12-23)20-18(21(26)27-2)9-6-10-22-20/h3-10,16H,11-15H2,1-2H3/t16-/m0/s1. The lowest BCUT2D eigenvalue weighted by atomic mass is 9.97. The molecule has 3 rings (SSSR count). The molecular formula is C21H25N3O3. The van der Waals surface area contributed by atoms with E-state index in [1.54, 1.807) is 18.3 Å². The Morgan fingerprint density at radius 3 is 2.44 bits per heavy atom. The number of carbonyl (C=O) groups is 2. The van der Waals surface area contributed by atoms with E-state index in [0.29, 0.717) is 44.0 Å². The maximum Gasteiger partial charge on any atom is 0.341 e. The molecule has 0 aliphatic carbocycles. The molecule has 0 bridgehead atoms. The van der Waals surface area contributed by atoms with Gasteiger partial charge in [0.15, 0.2) is 0 Å². The second-order valence-corrected chi connectivity index (χ2v) is 6.75. The molecule has 2 heterocycles. The second kappa shape index (κ2) is 8.66. The number of pyridine rings is 1. The van der Waals surface area contributed by atoms with Crippen molar-refractivity contribution in [3.05, 3.63) is 59.8 Å². The summed E-state index contributed by atoms with van der Waals surface area (Å²) in [5.74, 6) is 0.584. The summed E-state index contributed by atoms with van der Waals surface area (Å²) in [4.78, 5) is 32.9. The molecule has 0 saturated carbocycles. The maximum absolute atomic E-state index is 12.7. The van der Waals surface area contributed by atoms with E-state index in [9.17, 15) is 9.59 Å². The summed E-state index contributed by atoms with van der Waals surface area (Å²) >= 11 is 0. The first-order chi connectivity index (χ1) is 13.1. The molecule has 0 N–H and O–H groups in total. The highest BCUT2D eigenvalue weighted by Gasteiger charge is 2.26. The molecule has 1 saturated heterocycles. The number of aromatic nitrogens is 1. The first-order valence-corrected chi connectivity index (χ1v) is 9.21. The van der Waals surface area contributed by atoms with Gasteiger partial charge < -0.3 is 14.5 Å².